The monoisotopic (exact) mass is 1240 g/mol. The highest BCUT2D eigenvalue weighted by molar-refractivity contribution is 5.91. The van der Waals surface area contributed by atoms with Gasteiger partial charge in [0.2, 0.25) is 29.5 Å². The Balaban J connectivity index is 0.00000156. The molecule has 494 valence electrons. The van der Waals surface area contributed by atoms with E-state index in [0.29, 0.717) is 72.6 Å². The highest BCUT2D eigenvalue weighted by Crippen LogP contribution is 2.15. The summed E-state index contributed by atoms with van der Waals surface area (Å²) in [4.78, 5) is 103. The highest BCUT2D eigenvalue weighted by Gasteiger charge is 2.25. The first kappa shape index (κ1) is 80.5. The quantitative estimate of drug-likeness (QED) is 0.0145. The topological polar surface area (TPSA) is 420 Å². The van der Waals surface area contributed by atoms with Crippen molar-refractivity contribution in [2.24, 2.45) is 27.6 Å². The summed E-state index contributed by atoms with van der Waals surface area (Å²) >= 11 is 0. The zero-order valence-corrected chi connectivity index (χ0v) is 51.5. The number of esters is 1. The molecule has 0 radical (unpaired) electrons. The molecule has 2 aromatic rings. The summed E-state index contributed by atoms with van der Waals surface area (Å²) in [6, 6.07) is 17.2. The number of carbonyl (C=O) groups is 8. The third-order valence-corrected chi connectivity index (χ3v) is 11.9. The molecule has 29 nitrogen and oxygen atoms in total. The molecule has 2 aromatic carbocycles. The molecule has 88 heavy (non-hydrogen) atoms. The van der Waals surface area contributed by atoms with E-state index in [1.54, 1.807) is 24.3 Å². The van der Waals surface area contributed by atoms with Crippen LogP contribution in [0.25, 0.3) is 20.9 Å². The van der Waals surface area contributed by atoms with Gasteiger partial charge in [0.1, 0.15) is 13.2 Å². The van der Waals surface area contributed by atoms with Crippen molar-refractivity contribution < 1.29 is 76.3 Å². The summed E-state index contributed by atoms with van der Waals surface area (Å²) in [5.41, 5.74) is 28.3. The van der Waals surface area contributed by atoms with Crippen molar-refractivity contribution in [2.45, 2.75) is 123 Å². The molecule has 0 saturated carbocycles. The van der Waals surface area contributed by atoms with Gasteiger partial charge in [0.15, 0.2) is 5.78 Å². The minimum Gasteiger partial charge on any atom is -0.461 e. The molecular weight excluding hydrogens is 1150 g/mol. The van der Waals surface area contributed by atoms with E-state index in [4.69, 9.17) is 60.4 Å². The first-order valence-corrected chi connectivity index (χ1v) is 30.0. The molecule has 0 aliphatic heterocycles. The average molecular weight is 1240 g/mol. The van der Waals surface area contributed by atoms with E-state index in [-0.39, 0.29) is 116 Å². The second-order valence-corrected chi connectivity index (χ2v) is 19.2. The van der Waals surface area contributed by atoms with Gasteiger partial charge in [-0.25, -0.2) is 4.79 Å². The number of ketones is 1. The molecule has 0 bridgehead atoms. The SMILES string of the molecule is CCCCCCN.CCCCCNC(=O)CC[C@H](CC(=O)OCc1ccccc1)C(=O)NCC(=O)NCCOCCOCCOCCN=[N+]=[N-].[N-]=[N+]=NCCOCCOCCOCCNC(=O)CCC(=O)[C@H](CCC(N)=O)NC(=O)OCc1ccccc1. The van der Waals surface area contributed by atoms with Crippen molar-refractivity contribution in [1.82, 2.24) is 26.6 Å². The first-order chi connectivity index (χ1) is 42.8. The molecule has 29 heteroatoms. The highest BCUT2D eigenvalue weighted by atomic mass is 16.6. The van der Waals surface area contributed by atoms with E-state index >= 15 is 0 Å². The van der Waals surface area contributed by atoms with Crippen molar-refractivity contribution in [3.8, 4) is 0 Å². The predicted octanol–water partition coefficient (Wildman–Crippen LogP) is 5.31. The minimum absolute atomic E-state index is 0.00794. The van der Waals surface area contributed by atoms with E-state index in [9.17, 15) is 38.4 Å². The molecule has 0 aliphatic rings. The third kappa shape index (κ3) is 52.8. The zero-order chi connectivity index (χ0) is 64.8. The number of alkyl carbamates (subject to hydrolysis) is 1. The normalized spacial score (nSPS) is 11.0. The van der Waals surface area contributed by atoms with E-state index < -0.39 is 47.5 Å². The number of amides is 6. The summed E-state index contributed by atoms with van der Waals surface area (Å²) in [7, 11) is 0. The second kappa shape index (κ2) is 59.9. The Labute approximate surface area is 517 Å². The maximum Gasteiger partial charge on any atom is 0.408 e. The van der Waals surface area contributed by atoms with Crippen LogP contribution in [0.2, 0.25) is 0 Å². The third-order valence-electron chi connectivity index (χ3n) is 11.9. The van der Waals surface area contributed by atoms with Crippen molar-refractivity contribution >= 4 is 47.4 Å². The number of nitrogens with two attached hydrogens (primary N) is 2. The lowest BCUT2D eigenvalue weighted by Crippen LogP contribution is -2.42. The van der Waals surface area contributed by atoms with E-state index in [1.165, 1.54) is 25.7 Å². The number of azide groups is 2. The fraction of sp³-hybridized carbons (Fsp3) is 0.661. The van der Waals surface area contributed by atoms with Crippen LogP contribution in [0.15, 0.2) is 70.9 Å². The van der Waals surface area contributed by atoms with Crippen molar-refractivity contribution in [3.63, 3.8) is 0 Å². The van der Waals surface area contributed by atoms with E-state index in [1.807, 2.05) is 36.4 Å². The van der Waals surface area contributed by atoms with Crippen LogP contribution in [-0.2, 0) is 84.7 Å². The summed E-state index contributed by atoms with van der Waals surface area (Å²) in [5.74, 6) is -3.85. The number of carbonyl (C=O) groups excluding carboxylic acids is 8. The molecule has 0 saturated heterocycles. The minimum atomic E-state index is -1.00. The molecule has 9 N–H and O–H groups in total. The number of hydrogen-bond donors (Lipinski definition) is 7. The lowest BCUT2D eigenvalue weighted by molar-refractivity contribution is -0.148. The number of Topliss-reactive ketones (excluding diaryl/α,β-unsaturated/α-hetero) is 1. The Hall–Kier alpha value is -7.46. The van der Waals surface area contributed by atoms with Crippen LogP contribution in [0.4, 0.5) is 4.79 Å². The van der Waals surface area contributed by atoms with Crippen LogP contribution >= 0.6 is 0 Å². The van der Waals surface area contributed by atoms with Gasteiger partial charge < -0.3 is 75.9 Å². The standard InChI is InChI=1S/C29H46N6O8.C24H36N6O8.C6H15N/c1-2-3-7-12-31-26(36)11-10-25(21-28(38)43-23-24-8-5-4-6-9-24)29(39)33-22-27(37)32-13-15-40-17-19-42-20-18-41-16-14-34-35-30;25-22(32)8-6-20(29-24(34)38-18-19-4-2-1-3-5-19)21(31)7-9-23(33)27-10-12-35-14-16-37-17-15-36-13-11-28-30-26;1-2-3-4-5-6-7/h4-6,8-9,25H,2-3,7,10-23H2,1H3,(H,31,36)(H,32,37)(H,33,39);1-5,20H,6-18H2,(H2,25,32)(H,27,33)(H,29,34);2-7H2,1H3/t25-;20-;/m10./s1. The molecule has 0 heterocycles. The summed E-state index contributed by atoms with van der Waals surface area (Å²) in [5, 5.41) is 19.8. The number of unbranched alkanes of at least 4 members (excludes halogenated alkanes) is 5. The van der Waals surface area contributed by atoms with Gasteiger partial charge in [0.05, 0.1) is 98.3 Å². The number of nitrogens with zero attached hydrogens (tertiary/aromatic N) is 6. The average Bonchev–Trinajstić information content (AvgIpc) is 3.54. The molecule has 0 aliphatic carbocycles. The molecule has 0 spiro atoms. The van der Waals surface area contributed by atoms with Crippen LogP contribution in [0, 0.1) is 5.92 Å². The van der Waals surface area contributed by atoms with Crippen LogP contribution < -0.4 is 38.1 Å². The van der Waals surface area contributed by atoms with Gasteiger partial charge in [-0.2, -0.15) is 0 Å². The number of primary amides is 1. The maximum absolute atomic E-state index is 12.9. The van der Waals surface area contributed by atoms with Crippen molar-refractivity contribution in [2.75, 3.05) is 125 Å². The maximum atomic E-state index is 12.9. The number of benzene rings is 2. The molecular formula is C59H97N13O16. The van der Waals surface area contributed by atoms with Crippen LogP contribution in [0.3, 0.4) is 0 Å². The van der Waals surface area contributed by atoms with Crippen LogP contribution in [-0.4, -0.2) is 179 Å². The molecule has 0 aromatic heterocycles. The van der Waals surface area contributed by atoms with Gasteiger partial charge in [0.25, 0.3) is 0 Å². The van der Waals surface area contributed by atoms with E-state index in [2.05, 4.69) is 60.5 Å². The second-order valence-electron chi connectivity index (χ2n) is 19.2. The van der Waals surface area contributed by atoms with Crippen molar-refractivity contribution in [1.29, 1.82) is 0 Å². The Bertz CT molecular complexity index is 2260. The van der Waals surface area contributed by atoms with Crippen LogP contribution in [0.5, 0.6) is 0 Å². The van der Waals surface area contributed by atoms with Gasteiger partial charge in [-0.1, -0.05) is 117 Å². The predicted molar refractivity (Wildman–Crippen MR) is 327 cm³/mol. The van der Waals surface area contributed by atoms with Crippen molar-refractivity contribution in [3.05, 3.63) is 92.7 Å². The van der Waals surface area contributed by atoms with Gasteiger partial charge in [0, 0.05) is 74.1 Å². The molecule has 6 amide bonds. The summed E-state index contributed by atoms with van der Waals surface area (Å²) in [6.45, 7) is 10.7. The molecule has 2 atom stereocenters. The van der Waals surface area contributed by atoms with Gasteiger partial charge >= 0.3 is 12.1 Å². The molecule has 0 unspecified atom stereocenters. The van der Waals surface area contributed by atoms with Gasteiger partial charge in [-0.3, -0.25) is 33.6 Å². The lowest BCUT2D eigenvalue weighted by atomic mass is 9.98. The Morgan fingerprint density at radius 1 is 0.523 bits per heavy atom. The Kier molecular flexibility index (Phi) is 54.8. The van der Waals surface area contributed by atoms with Gasteiger partial charge in [-0.15, -0.1) is 0 Å². The van der Waals surface area contributed by atoms with E-state index in [0.717, 1.165) is 36.9 Å². The fourth-order valence-corrected chi connectivity index (χ4v) is 7.18. The summed E-state index contributed by atoms with van der Waals surface area (Å²) in [6.07, 6.45) is 6.99. The smallest absolute Gasteiger partial charge is 0.408 e. The number of rotatable bonds is 52. The molecule has 2 rings (SSSR count). The fourth-order valence-electron chi connectivity index (χ4n) is 7.18. The zero-order valence-electron chi connectivity index (χ0n) is 51.5. The number of nitrogens with one attached hydrogen (secondary N) is 5. The Morgan fingerprint density at radius 2 is 1.00 bits per heavy atom. The van der Waals surface area contributed by atoms with Crippen LogP contribution in [0.1, 0.15) is 115 Å². The molecule has 0 fully saturated rings. The Morgan fingerprint density at radius 3 is 1.51 bits per heavy atom. The number of hydrogen-bond acceptors (Lipinski definition) is 19. The first-order valence-electron chi connectivity index (χ1n) is 30.0. The largest absolute Gasteiger partial charge is 0.461 e. The lowest BCUT2D eigenvalue weighted by Gasteiger charge is -2.17. The number of ether oxygens (including phenoxy) is 8. The summed E-state index contributed by atoms with van der Waals surface area (Å²) < 4.78 is 42.2. The van der Waals surface area contributed by atoms with Gasteiger partial charge in [-0.05, 0) is 54.4 Å².